The molecule has 5 nitrogen and oxygen atoms in total. The molecule has 1 unspecified atom stereocenters. The van der Waals surface area contributed by atoms with E-state index >= 15 is 0 Å². The molecule has 3 aromatic carbocycles. The third-order valence-electron chi connectivity index (χ3n) is 5.23. The molecule has 29 heavy (non-hydrogen) atoms. The summed E-state index contributed by atoms with van der Waals surface area (Å²) in [4.78, 5) is 12.1. The first-order valence-electron chi connectivity index (χ1n) is 9.31. The van der Waals surface area contributed by atoms with Crippen molar-refractivity contribution in [2.45, 2.75) is 12.5 Å². The van der Waals surface area contributed by atoms with E-state index in [0.29, 0.717) is 29.6 Å². The SMILES string of the molecule is COc1ccc2c(c1OC)-c1c(OCc3ccccc3)ccc(OC)c1C2C=O. The molecule has 0 aliphatic heterocycles. The molecule has 0 heterocycles. The highest BCUT2D eigenvalue weighted by Gasteiger charge is 2.37. The van der Waals surface area contributed by atoms with Crippen LogP contribution in [0.4, 0.5) is 0 Å². The molecule has 0 N–H and O–H groups in total. The van der Waals surface area contributed by atoms with Crippen molar-refractivity contribution in [3.05, 3.63) is 71.3 Å². The van der Waals surface area contributed by atoms with Gasteiger partial charge in [-0.1, -0.05) is 36.4 Å². The molecular formula is C24H22O5. The van der Waals surface area contributed by atoms with E-state index in [-0.39, 0.29) is 0 Å². The number of hydrogen-bond donors (Lipinski definition) is 0. The Balaban J connectivity index is 1.91. The van der Waals surface area contributed by atoms with Gasteiger partial charge in [0.25, 0.3) is 0 Å². The van der Waals surface area contributed by atoms with Gasteiger partial charge in [0, 0.05) is 16.7 Å². The summed E-state index contributed by atoms with van der Waals surface area (Å²) in [5.41, 5.74) is 4.31. The van der Waals surface area contributed by atoms with E-state index < -0.39 is 5.92 Å². The van der Waals surface area contributed by atoms with E-state index in [1.54, 1.807) is 21.3 Å². The summed E-state index contributed by atoms with van der Waals surface area (Å²) in [5.74, 6) is 2.02. The van der Waals surface area contributed by atoms with Crippen LogP contribution in [0.3, 0.4) is 0 Å². The Kier molecular flexibility index (Phi) is 5.12. The van der Waals surface area contributed by atoms with Crippen molar-refractivity contribution >= 4 is 6.29 Å². The van der Waals surface area contributed by atoms with E-state index in [0.717, 1.165) is 34.1 Å². The molecule has 148 valence electrons. The van der Waals surface area contributed by atoms with Crippen LogP contribution in [0, 0.1) is 0 Å². The van der Waals surface area contributed by atoms with Crippen molar-refractivity contribution < 1.29 is 23.7 Å². The van der Waals surface area contributed by atoms with Crippen LogP contribution in [-0.4, -0.2) is 27.6 Å². The summed E-state index contributed by atoms with van der Waals surface area (Å²) < 4.78 is 22.9. The van der Waals surface area contributed by atoms with Gasteiger partial charge in [0.05, 0.1) is 27.2 Å². The lowest BCUT2D eigenvalue weighted by molar-refractivity contribution is -0.108. The molecule has 4 rings (SSSR count). The number of rotatable bonds is 7. The Hall–Kier alpha value is -3.47. The van der Waals surface area contributed by atoms with Crippen LogP contribution >= 0.6 is 0 Å². The van der Waals surface area contributed by atoms with Gasteiger partial charge < -0.3 is 23.7 Å². The highest BCUT2D eigenvalue weighted by atomic mass is 16.5. The maximum absolute atomic E-state index is 12.1. The van der Waals surface area contributed by atoms with Crippen molar-refractivity contribution in [2.75, 3.05) is 21.3 Å². The summed E-state index contributed by atoms with van der Waals surface area (Å²) >= 11 is 0. The molecule has 5 heteroatoms. The van der Waals surface area contributed by atoms with Gasteiger partial charge in [0.15, 0.2) is 11.5 Å². The summed E-state index contributed by atoms with van der Waals surface area (Å²) in [6, 6.07) is 17.4. The molecule has 1 aliphatic rings. The van der Waals surface area contributed by atoms with Crippen molar-refractivity contribution in [3.8, 4) is 34.1 Å². The molecule has 0 amide bonds. The largest absolute Gasteiger partial charge is 0.496 e. The number of methoxy groups -OCH3 is 3. The second-order valence-electron chi connectivity index (χ2n) is 6.71. The zero-order valence-corrected chi connectivity index (χ0v) is 16.6. The van der Waals surface area contributed by atoms with Gasteiger partial charge in [-0.15, -0.1) is 0 Å². The lowest BCUT2D eigenvalue weighted by atomic mass is 9.97. The van der Waals surface area contributed by atoms with Gasteiger partial charge in [-0.05, 0) is 29.3 Å². The Morgan fingerprint density at radius 2 is 1.48 bits per heavy atom. The number of benzene rings is 3. The summed E-state index contributed by atoms with van der Waals surface area (Å²) in [7, 11) is 4.79. The fourth-order valence-corrected chi connectivity index (χ4v) is 3.94. The van der Waals surface area contributed by atoms with Crippen LogP contribution in [-0.2, 0) is 11.4 Å². The standard InChI is InChI=1S/C24H22O5/c1-26-18-11-12-19(29-14-15-7-5-4-6-8-15)23-21(18)17(13-25)16-9-10-20(27-2)24(28-3)22(16)23/h4-13,17H,14H2,1-3H3. The summed E-state index contributed by atoms with van der Waals surface area (Å²) in [6.07, 6.45) is 0.931. The Labute approximate surface area is 169 Å². The van der Waals surface area contributed by atoms with Gasteiger partial charge in [0.1, 0.15) is 24.4 Å². The van der Waals surface area contributed by atoms with Gasteiger partial charge in [-0.2, -0.15) is 0 Å². The van der Waals surface area contributed by atoms with Crippen molar-refractivity contribution in [1.29, 1.82) is 0 Å². The molecule has 0 bridgehead atoms. The molecule has 3 aromatic rings. The summed E-state index contributed by atoms with van der Waals surface area (Å²) in [5, 5.41) is 0. The summed E-state index contributed by atoms with van der Waals surface area (Å²) in [6.45, 7) is 0.410. The lowest BCUT2D eigenvalue weighted by Crippen LogP contribution is -2.02. The van der Waals surface area contributed by atoms with Crippen LogP contribution in [0.25, 0.3) is 11.1 Å². The first kappa shape index (κ1) is 18.9. The van der Waals surface area contributed by atoms with Crippen molar-refractivity contribution in [1.82, 2.24) is 0 Å². The van der Waals surface area contributed by atoms with E-state index in [2.05, 4.69) is 0 Å². The smallest absolute Gasteiger partial charge is 0.168 e. The molecule has 0 fully saturated rings. The topological polar surface area (TPSA) is 54.0 Å². The molecule has 1 aliphatic carbocycles. The fourth-order valence-electron chi connectivity index (χ4n) is 3.94. The molecule has 0 saturated heterocycles. The van der Waals surface area contributed by atoms with E-state index in [1.165, 1.54) is 0 Å². The second-order valence-corrected chi connectivity index (χ2v) is 6.71. The maximum atomic E-state index is 12.1. The van der Waals surface area contributed by atoms with Gasteiger partial charge in [-0.25, -0.2) is 0 Å². The molecular weight excluding hydrogens is 368 g/mol. The van der Waals surface area contributed by atoms with E-state index in [1.807, 2.05) is 54.6 Å². The Morgan fingerprint density at radius 3 is 2.14 bits per heavy atom. The van der Waals surface area contributed by atoms with Gasteiger partial charge in [0.2, 0.25) is 0 Å². The highest BCUT2D eigenvalue weighted by Crippen LogP contribution is 2.57. The Bertz CT molecular complexity index is 1040. The monoisotopic (exact) mass is 390 g/mol. The predicted molar refractivity (Wildman–Crippen MR) is 110 cm³/mol. The highest BCUT2D eigenvalue weighted by molar-refractivity contribution is 5.96. The minimum atomic E-state index is -0.463. The van der Waals surface area contributed by atoms with Crippen LogP contribution in [0.15, 0.2) is 54.6 Å². The number of ether oxygens (including phenoxy) is 4. The quantitative estimate of drug-likeness (QED) is 0.552. The maximum Gasteiger partial charge on any atom is 0.168 e. The van der Waals surface area contributed by atoms with Crippen LogP contribution in [0.2, 0.25) is 0 Å². The van der Waals surface area contributed by atoms with E-state index in [4.69, 9.17) is 18.9 Å². The zero-order chi connectivity index (χ0) is 20.4. The van der Waals surface area contributed by atoms with Gasteiger partial charge >= 0.3 is 0 Å². The number of hydrogen-bond acceptors (Lipinski definition) is 5. The average molecular weight is 390 g/mol. The Morgan fingerprint density at radius 1 is 0.793 bits per heavy atom. The lowest BCUT2D eigenvalue weighted by Gasteiger charge is -2.17. The predicted octanol–water partition coefficient (Wildman–Crippen LogP) is 4.60. The van der Waals surface area contributed by atoms with Crippen molar-refractivity contribution in [3.63, 3.8) is 0 Å². The molecule has 1 atom stereocenters. The normalized spacial score (nSPS) is 14.0. The third-order valence-corrected chi connectivity index (χ3v) is 5.23. The van der Waals surface area contributed by atoms with Crippen LogP contribution in [0.1, 0.15) is 22.6 Å². The van der Waals surface area contributed by atoms with E-state index in [9.17, 15) is 4.79 Å². The molecule has 0 saturated carbocycles. The van der Waals surface area contributed by atoms with Crippen LogP contribution in [0.5, 0.6) is 23.0 Å². The molecule has 0 radical (unpaired) electrons. The zero-order valence-electron chi connectivity index (χ0n) is 16.6. The minimum Gasteiger partial charge on any atom is -0.496 e. The number of fused-ring (bicyclic) bond motifs is 3. The molecule has 0 spiro atoms. The number of carbonyl (C=O) groups is 1. The van der Waals surface area contributed by atoms with Gasteiger partial charge in [-0.3, -0.25) is 0 Å². The molecule has 0 aromatic heterocycles. The van der Waals surface area contributed by atoms with Crippen LogP contribution < -0.4 is 18.9 Å². The first-order chi connectivity index (χ1) is 14.2. The second kappa shape index (κ2) is 7.87. The third kappa shape index (κ3) is 3.09. The first-order valence-corrected chi connectivity index (χ1v) is 9.31. The number of carbonyl (C=O) groups excluding carboxylic acids is 1. The fraction of sp³-hybridized carbons (Fsp3) is 0.208. The number of aldehydes is 1. The minimum absolute atomic E-state index is 0.410. The van der Waals surface area contributed by atoms with Crippen molar-refractivity contribution in [2.24, 2.45) is 0 Å². The average Bonchev–Trinajstić information content (AvgIpc) is 3.12.